The summed E-state index contributed by atoms with van der Waals surface area (Å²) in [6.07, 6.45) is 0. The molecule has 0 bridgehead atoms. The Morgan fingerprint density at radius 3 is 1.62 bits per heavy atom. The first kappa shape index (κ1) is 21.4. The molecule has 0 fully saturated rings. The monoisotopic (exact) mass is 484 g/mol. The Morgan fingerprint density at radius 2 is 1.05 bits per heavy atom. The second kappa shape index (κ2) is 7.80. The van der Waals surface area contributed by atoms with Crippen LogP contribution in [0.3, 0.4) is 0 Å². The lowest BCUT2D eigenvalue weighted by molar-refractivity contribution is -0.128. The van der Waals surface area contributed by atoms with Gasteiger partial charge < -0.3 is 14.2 Å². The first-order valence-electron chi connectivity index (χ1n) is 11.9. The summed E-state index contributed by atoms with van der Waals surface area (Å²) in [4.78, 5) is 26.0. The number of esters is 2. The molecule has 5 aromatic carbocycles. The van der Waals surface area contributed by atoms with Crippen LogP contribution in [0, 0.1) is 6.92 Å². The zero-order valence-corrected chi connectivity index (χ0v) is 20.1. The molecule has 0 N–H and O–H groups in total. The van der Waals surface area contributed by atoms with Crippen molar-refractivity contribution in [1.29, 1.82) is 0 Å². The van der Waals surface area contributed by atoms with Crippen molar-refractivity contribution >= 4 is 44.6 Å². The number of fused-ring (bicyclic) bond motifs is 4. The van der Waals surface area contributed by atoms with Crippen LogP contribution in [0.15, 0.2) is 84.9 Å². The molecular formula is C32H20O5. The summed E-state index contributed by atoms with van der Waals surface area (Å²) in [5.74, 6) is 0.757. The van der Waals surface area contributed by atoms with Crippen LogP contribution in [-0.2, 0) is 9.59 Å². The Labute approximate surface area is 211 Å². The predicted molar refractivity (Wildman–Crippen MR) is 141 cm³/mol. The van der Waals surface area contributed by atoms with Crippen molar-refractivity contribution < 1.29 is 23.8 Å². The summed E-state index contributed by atoms with van der Waals surface area (Å²) in [5, 5.41) is 5.35. The SMILES string of the molecule is COc1ccc2cc(C3=c4cc5c(cc4OC3=O)=C(c3ccc4cc(C)ccc4c3)C(=O)O5)ccc2c1. The lowest BCUT2D eigenvalue weighted by atomic mass is 9.98. The van der Waals surface area contributed by atoms with Crippen molar-refractivity contribution in [3.63, 3.8) is 0 Å². The van der Waals surface area contributed by atoms with Gasteiger partial charge in [-0.2, -0.15) is 0 Å². The topological polar surface area (TPSA) is 61.8 Å². The second-order valence-corrected chi connectivity index (χ2v) is 9.37. The molecule has 5 heteroatoms. The number of carbonyl (C=O) groups is 2. The van der Waals surface area contributed by atoms with Gasteiger partial charge in [0.25, 0.3) is 0 Å². The molecule has 2 heterocycles. The zero-order valence-electron chi connectivity index (χ0n) is 20.1. The smallest absolute Gasteiger partial charge is 0.344 e. The molecular weight excluding hydrogens is 464 g/mol. The minimum atomic E-state index is -0.430. The Morgan fingerprint density at radius 1 is 0.568 bits per heavy atom. The third-order valence-corrected chi connectivity index (χ3v) is 7.05. The number of benzene rings is 5. The number of hydrogen-bond donors (Lipinski definition) is 0. The van der Waals surface area contributed by atoms with Crippen LogP contribution >= 0.6 is 0 Å². The normalized spacial score (nSPS) is 14.1. The summed E-state index contributed by atoms with van der Waals surface area (Å²) in [6, 6.07) is 27.2. The minimum Gasteiger partial charge on any atom is -0.497 e. The van der Waals surface area contributed by atoms with E-state index in [0.717, 1.165) is 38.4 Å². The van der Waals surface area contributed by atoms with E-state index in [2.05, 4.69) is 13.0 Å². The number of carbonyl (C=O) groups excluding carboxylic acids is 2. The van der Waals surface area contributed by atoms with Gasteiger partial charge in [-0.25, -0.2) is 9.59 Å². The predicted octanol–water partition coefficient (Wildman–Crippen LogP) is 4.55. The van der Waals surface area contributed by atoms with Gasteiger partial charge in [0.2, 0.25) is 0 Å². The van der Waals surface area contributed by atoms with Crippen molar-refractivity contribution in [1.82, 2.24) is 0 Å². The van der Waals surface area contributed by atoms with E-state index in [1.165, 1.54) is 5.56 Å². The number of aryl methyl sites for hydroxylation is 1. The standard InChI is InChI=1S/C32H20O5/c1-17-3-4-19-12-22(7-5-18(19)11-17)29-25-15-28-26(16-27(25)36-31(29)33)30(32(34)37-28)23-8-6-21-14-24(35-2)10-9-20(21)13-23/h3-16H,1-2H3. The van der Waals surface area contributed by atoms with E-state index in [1.807, 2.05) is 66.7 Å². The third-order valence-electron chi connectivity index (χ3n) is 7.05. The molecule has 5 nitrogen and oxygen atoms in total. The maximum absolute atomic E-state index is 13.0. The van der Waals surface area contributed by atoms with Crippen LogP contribution in [0.4, 0.5) is 0 Å². The average molecular weight is 485 g/mol. The highest BCUT2D eigenvalue weighted by Gasteiger charge is 2.30. The highest BCUT2D eigenvalue weighted by atomic mass is 16.5. The van der Waals surface area contributed by atoms with E-state index in [9.17, 15) is 9.59 Å². The second-order valence-electron chi connectivity index (χ2n) is 9.37. The number of hydrogen-bond acceptors (Lipinski definition) is 5. The minimum absolute atomic E-state index is 0.417. The lowest BCUT2D eigenvalue weighted by Gasteiger charge is -2.05. The van der Waals surface area contributed by atoms with Crippen molar-refractivity contribution in [2.75, 3.05) is 7.11 Å². The molecule has 0 aliphatic carbocycles. The van der Waals surface area contributed by atoms with E-state index in [4.69, 9.17) is 14.2 Å². The zero-order chi connectivity index (χ0) is 25.3. The van der Waals surface area contributed by atoms with Gasteiger partial charge in [-0.15, -0.1) is 0 Å². The maximum Gasteiger partial charge on any atom is 0.344 e. The van der Waals surface area contributed by atoms with E-state index in [1.54, 1.807) is 19.2 Å². The summed E-state index contributed by atoms with van der Waals surface area (Å²) in [6.45, 7) is 2.05. The van der Waals surface area contributed by atoms with E-state index < -0.39 is 11.9 Å². The molecule has 0 aromatic heterocycles. The van der Waals surface area contributed by atoms with Gasteiger partial charge in [-0.3, -0.25) is 0 Å². The Balaban J connectivity index is 1.41. The molecule has 0 unspecified atom stereocenters. The molecule has 7 rings (SSSR count). The fraction of sp³-hybridized carbons (Fsp3) is 0.0625. The van der Waals surface area contributed by atoms with Crippen LogP contribution < -0.4 is 24.6 Å². The van der Waals surface area contributed by atoms with E-state index in [0.29, 0.717) is 33.1 Å². The number of methoxy groups -OCH3 is 1. The lowest BCUT2D eigenvalue weighted by Crippen LogP contribution is -2.11. The number of rotatable bonds is 3. The molecule has 0 saturated heterocycles. The van der Waals surface area contributed by atoms with Crippen molar-refractivity contribution in [3.05, 3.63) is 112 Å². The fourth-order valence-electron chi connectivity index (χ4n) is 5.21. The van der Waals surface area contributed by atoms with Gasteiger partial charge in [-0.05, 0) is 76.0 Å². The molecule has 0 saturated carbocycles. The molecule has 37 heavy (non-hydrogen) atoms. The van der Waals surface area contributed by atoms with Gasteiger partial charge in [0.05, 0.1) is 18.3 Å². The Kier molecular flexibility index (Phi) is 4.51. The van der Waals surface area contributed by atoms with Gasteiger partial charge in [-0.1, -0.05) is 54.1 Å². The third kappa shape index (κ3) is 3.32. The van der Waals surface area contributed by atoms with Crippen LogP contribution in [0.25, 0.3) is 32.7 Å². The molecule has 0 amide bonds. The average Bonchev–Trinajstić information content (AvgIpc) is 3.40. The Hall–Kier alpha value is -4.90. The summed E-state index contributed by atoms with van der Waals surface area (Å²) in [7, 11) is 1.63. The van der Waals surface area contributed by atoms with Gasteiger partial charge >= 0.3 is 11.9 Å². The molecule has 0 spiro atoms. The Bertz CT molecular complexity index is 1970. The van der Waals surface area contributed by atoms with Gasteiger partial charge in [0.15, 0.2) is 0 Å². The highest BCUT2D eigenvalue weighted by Crippen LogP contribution is 2.30. The van der Waals surface area contributed by atoms with Crippen LogP contribution in [0.2, 0.25) is 0 Å². The van der Waals surface area contributed by atoms with Gasteiger partial charge in [0.1, 0.15) is 17.2 Å². The first-order chi connectivity index (χ1) is 18.0. The highest BCUT2D eigenvalue weighted by molar-refractivity contribution is 6.21. The first-order valence-corrected chi connectivity index (χ1v) is 11.9. The van der Waals surface area contributed by atoms with Crippen LogP contribution in [0.5, 0.6) is 17.2 Å². The molecule has 2 aliphatic rings. The molecule has 178 valence electrons. The summed E-state index contributed by atoms with van der Waals surface area (Å²) >= 11 is 0. The van der Waals surface area contributed by atoms with Crippen LogP contribution in [0.1, 0.15) is 16.7 Å². The van der Waals surface area contributed by atoms with E-state index in [-0.39, 0.29) is 0 Å². The fourth-order valence-corrected chi connectivity index (χ4v) is 5.21. The van der Waals surface area contributed by atoms with Crippen molar-refractivity contribution in [3.8, 4) is 17.2 Å². The molecule has 0 atom stereocenters. The quantitative estimate of drug-likeness (QED) is 0.278. The van der Waals surface area contributed by atoms with E-state index >= 15 is 0 Å². The summed E-state index contributed by atoms with van der Waals surface area (Å²) in [5.41, 5.74) is 3.58. The maximum atomic E-state index is 13.0. The van der Waals surface area contributed by atoms with Gasteiger partial charge in [0, 0.05) is 10.4 Å². The summed E-state index contributed by atoms with van der Waals surface area (Å²) < 4.78 is 16.7. The molecule has 5 aromatic rings. The van der Waals surface area contributed by atoms with Crippen LogP contribution in [-0.4, -0.2) is 19.0 Å². The molecule has 0 radical (unpaired) electrons. The molecule has 2 aliphatic heterocycles. The van der Waals surface area contributed by atoms with Crippen molar-refractivity contribution in [2.45, 2.75) is 6.92 Å². The number of ether oxygens (including phenoxy) is 3. The van der Waals surface area contributed by atoms with Crippen molar-refractivity contribution in [2.24, 2.45) is 0 Å². The largest absolute Gasteiger partial charge is 0.497 e.